The highest BCUT2D eigenvalue weighted by Gasteiger charge is 2.05. The van der Waals surface area contributed by atoms with Gasteiger partial charge in [0.1, 0.15) is 0 Å². The quantitative estimate of drug-likeness (QED) is 0.810. The van der Waals surface area contributed by atoms with Crippen LogP contribution in [0.1, 0.15) is 30.0 Å². The summed E-state index contributed by atoms with van der Waals surface area (Å²) in [5.74, 6) is 0.00924. The molecular weight excluding hydrogens is 200 g/mol. The first-order chi connectivity index (χ1) is 7.49. The lowest BCUT2D eigenvalue weighted by molar-refractivity contribution is -0.121. The molecule has 0 saturated carbocycles. The Kier molecular flexibility index (Phi) is 4.50. The molecule has 1 atom stereocenters. The Hall–Kier alpha value is -1.35. The van der Waals surface area contributed by atoms with Crippen molar-refractivity contribution in [2.75, 3.05) is 0 Å². The molecule has 3 nitrogen and oxygen atoms in total. The van der Waals surface area contributed by atoms with E-state index in [1.54, 1.807) is 0 Å². The van der Waals surface area contributed by atoms with Crippen LogP contribution in [0.2, 0.25) is 0 Å². The molecule has 88 valence electrons. The third-order valence-corrected chi connectivity index (χ3v) is 2.48. The molecule has 1 rings (SSSR count). The molecule has 16 heavy (non-hydrogen) atoms. The van der Waals surface area contributed by atoms with Crippen LogP contribution in [-0.2, 0) is 11.3 Å². The van der Waals surface area contributed by atoms with Crippen LogP contribution in [0.4, 0.5) is 0 Å². The highest BCUT2D eigenvalue weighted by Crippen LogP contribution is 2.10. The van der Waals surface area contributed by atoms with Crippen molar-refractivity contribution in [3.05, 3.63) is 34.9 Å². The van der Waals surface area contributed by atoms with E-state index in [0.717, 1.165) is 5.56 Å². The molecule has 0 fully saturated rings. The van der Waals surface area contributed by atoms with Crippen molar-refractivity contribution < 1.29 is 4.79 Å². The maximum Gasteiger partial charge on any atom is 0.221 e. The largest absolute Gasteiger partial charge is 0.352 e. The zero-order valence-corrected chi connectivity index (χ0v) is 10.2. The van der Waals surface area contributed by atoms with E-state index < -0.39 is 0 Å². The summed E-state index contributed by atoms with van der Waals surface area (Å²) in [6.07, 6.45) is 0.380. The number of nitrogens with two attached hydrogens (primary N) is 1. The lowest BCUT2D eigenvalue weighted by Crippen LogP contribution is -2.29. The fourth-order valence-electron chi connectivity index (χ4n) is 1.60. The highest BCUT2D eigenvalue weighted by molar-refractivity contribution is 5.76. The van der Waals surface area contributed by atoms with Gasteiger partial charge >= 0.3 is 0 Å². The van der Waals surface area contributed by atoms with Crippen LogP contribution in [0.5, 0.6) is 0 Å². The molecule has 0 aliphatic heterocycles. The minimum Gasteiger partial charge on any atom is -0.352 e. The first-order valence-electron chi connectivity index (χ1n) is 5.57. The summed E-state index contributed by atoms with van der Waals surface area (Å²) in [7, 11) is 0. The smallest absolute Gasteiger partial charge is 0.221 e. The maximum atomic E-state index is 11.4. The highest BCUT2D eigenvalue weighted by atomic mass is 16.1. The summed E-state index contributed by atoms with van der Waals surface area (Å²) >= 11 is 0. The zero-order chi connectivity index (χ0) is 12.1. The minimum absolute atomic E-state index is 0.00924. The van der Waals surface area contributed by atoms with E-state index in [4.69, 9.17) is 5.73 Å². The summed E-state index contributed by atoms with van der Waals surface area (Å²) in [6.45, 7) is 6.53. The van der Waals surface area contributed by atoms with Gasteiger partial charge in [-0.25, -0.2) is 0 Å². The summed E-state index contributed by atoms with van der Waals surface area (Å²) in [4.78, 5) is 11.4. The van der Waals surface area contributed by atoms with E-state index in [1.165, 1.54) is 11.1 Å². The van der Waals surface area contributed by atoms with Gasteiger partial charge in [-0.1, -0.05) is 23.8 Å². The van der Waals surface area contributed by atoms with Crippen LogP contribution in [0.25, 0.3) is 0 Å². The number of nitrogens with one attached hydrogen (secondary N) is 1. The second-order valence-electron chi connectivity index (χ2n) is 4.39. The van der Waals surface area contributed by atoms with Gasteiger partial charge in [0, 0.05) is 19.0 Å². The Morgan fingerprint density at radius 2 is 2.12 bits per heavy atom. The predicted molar refractivity (Wildman–Crippen MR) is 66.0 cm³/mol. The van der Waals surface area contributed by atoms with Gasteiger partial charge in [-0.05, 0) is 31.9 Å². The van der Waals surface area contributed by atoms with E-state index in [2.05, 4.69) is 37.4 Å². The Bertz CT molecular complexity index is 372. The zero-order valence-electron chi connectivity index (χ0n) is 10.2. The van der Waals surface area contributed by atoms with Crippen LogP contribution in [0.15, 0.2) is 18.2 Å². The van der Waals surface area contributed by atoms with Crippen molar-refractivity contribution in [2.24, 2.45) is 5.73 Å². The summed E-state index contributed by atoms with van der Waals surface area (Å²) < 4.78 is 0. The molecule has 0 aliphatic rings. The van der Waals surface area contributed by atoms with Gasteiger partial charge in [0.15, 0.2) is 0 Å². The van der Waals surface area contributed by atoms with Gasteiger partial charge in [0.2, 0.25) is 5.91 Å². The van der Waals surface area contributed by atoms with Gasteiger partial charge in [-0.3, -0.25) is 4.79 Å². The molecule has 0 spiro atoms. The van der Waals surface area contributed by atoms with E-state index in [-0.39, 0.29) is 11.9 Å². The number of aryl methyl sites for hydroxylation is 2. The van der Waals surface area contributed by atoms with Gasteiger partial charge in [0.05, 0.1) is 0 Å². The fourth-order valence-corrected chi connectivity index (χ4v) is 1.60. The van der Waals surface area contributed by atoms with Crippen LogP contribution < -0.4 is 11.1 Å². The first kappa shape index (κ1) is 12.7. The molecule has 0 aliphatic carbocycles. The molecule has 3 heteroatoms. The lowest BCUT2D eigenvalue weighted by atomic mass is 10.1. The van der Waals surface area contributed by atoms with Gasteiger partial charge in [0.25, 0.3) is 0 Å². The molecule has 1 unspecified atom stereocenters. The number of carbonyl (C=O) groups is 1. The van der Waals surface area contributed by atoms with Crippen LogP contribution >= 0.6 is 0 Å². The van der Waals surface area contributed by atoms with Crippen molar-refractivity contribution in [1.29, 1.82) is 0 Å². The Morgan fingerprint density at radius 3 is 2.69 bits per heavy atom. The van der Waals surface area contributed by atoms with Crippen LogP contribution in [0.3, 0.4) is 0 Å². The van der Waals surface area contributed by atoms with Crippen molar-refractivity contribution in [1.82, 2.24) is 5.32 Å². The molecule has 1 amide bonds. The number of rotatable bonds is 4. The van der Waals surface area contributed by atoms with E-state index >= 15 is 0 Å². The van der Waals surface area contributed by atoms with Gasteiger partial charge in [-0.15, -0.1) is 0 Å². The van der Waals surface area contributed by atoms with Crippen molar-refractivity contribution >= 4 is 5.91 Å². The van der Waals surface area contributed by atoms with Crippen molar-refractivity contribution in [2.45, 2.75) is 39.8 Å². The number of carbonyl (C=O) groups excluding carboxylic acids is 1. The minimum atomic E-state index is -0.0842. The third kappa shape index (κ3) is 4.03. The number of hydrogen-bond donors (Lipinski definition) is 2. The number of amides is 1. The van der Waals surface area contributed by atoms with Crippen molar-refractivity contribution in [3.63, 3.8) is 0 Å². The van der Waals surface area contributed by atoms with Gasteiger partial charge in [-0.2, -0.15) is 0 Å². The monoisotopic (exact) mass is 220 g/mol. The van der Waals surface area contributed by atoms with Crippen molar-refractivity contribution in [3.8, 4) is 0 Å². The summed E-state index contributed by atoms with van der Waals surface area (Å²) in [5.41, 5.74) is 9.16. The Morgan fingerprint density at radius 1 is 1.44 bits per heavy atom. The maximum absolute atomic E-state index is 11.4. The Balaban J connectivity index is 2.51. The van der Waals surface area contributed by atoms with E-state index in [0.29, 0.717) is 13.0 Å². The summed E-state index contributed by atoms with van der Waals surface area (Å²) in [6, 6.07) is 6.14. The average molecular weight is 220 g/mol. The normalized spacial score (nSPS) is 12.2. The molecule has 0 aromatic heterocycles. The molecular formula is C13H20N2O. The average Bonchev–Trinajstić information content (AvgIpc) is 2.15. The number of hydrogen-bond acceptors (Lipinski definition) is 2. The molecule has 3 N–H and O–H groups in total. The number of benzene rings is 1. The molecule has 0 radical (unpaired) electrons. The molecule has 0 bridgehead atoms. The van der Waals surface area contributed by atoms with E-state index in [9.17, 15) is 4.79 Å². The lowest BCUT2D eigenvalue weighted by Gasteiger charge is -2.09. The van der Waals surface area contributed by atoms with Crippen LogP contribution in [0, 0.1) is 13.8 Å². The molecule has 0 heterocycles. The SMILES string of the molecule is Cc1ccc(CNC(=O)CC(C)N)c(C)c1. The molecule has 0 saturated heterocycles. The third-order valence-electron chi connectivity index (χ3n) is 2.48. The first-order valence-corrected chi connectivity index (χ1v) is 5.57. The topological polar surface area (TPSA) is 55.1 Å². The fraction of sp³-hybridized carbons (Fsp3) is 0.462. The van der Waals surface area contributed by atoms with Gasteiger partial charge < -0.3 is 11.1 Å². The van der Waals surface area contributed by atoms with E-state index in [1.807, 2.05) is 6.92 Å². The standard InChI is InChI=1S/C13H20N2O/c1-9-4-5-12(10(2)6-9)8-15-13(16)7-11(3)14/h4-6,11H,7-8,14H2,1-3H3,(H,15,16). The summed E-state index contributed by atoms with van der Waals surface area (Å²) in [5, 5.41) is 2.87. The second kappa shape index (κ2) is 5.66. The molecule has 1 aromatic rings. The second-order valence-corrected chi connectivity index (χ2v) is 4.39. The predicted octanol–water partition coefficient (Wildman–Crippen LogP) is 1.66. The molecule has 1 aromatic carbocycles. The van der Waals surface area contributed by atoms with Crippen LogP contribution in [-0.4, -0.2) is 11.9 Å². The Labute approximate surface area is 97.0 Å².